The van der Waals surface area contributed by atoms with E-state index in [0.29, 0.717) is 11.5 Å². The first-order valence-electron chi connectivity index (χ1n) is 5.40. The van der Waals surface area contributed by atoms with E-state index < -0.39 is 0 Å². The summed E-state index contributed by atoms with van der Waals surface area (Å²) in [6.07, 6.45) is 3.93. The second kappa shape index (κ2) is 4.69. The SMILES string of the molecule is CCCC(C)(CC)c1c(F)coc1OC. The molecule has 1 aromatic rings. The van der Waals surface area contributed by atoms with Crippen molar-refractivity contribution in [1.82, 2.24) is 0 Å². The van der Waals surface area contributed by atoms with Crippen LogP contribution in [0.2, 0.25) is 0 Å². The number of halogens is 1. The van der Waals surface area contributed by atoms with E-state index in [1.807, 2.05) is 6.92 Å². The highest BCUT2D eigenvalue weighted by atomic mass is 19.1. The summed E-state index contributed by atoms with van der Waals surface area (Å²) in [6, 6.07) is 0. The quantitative estimate of drug-likeness (QED) is 0.741. The molecule has 0 aliphatic rings. The highest BCUT2D eigenvalue weighted by Gasteiger charge is 2.33. The number of methoxy groups -OCH3 is 1. The molecule has 86 valence electrons. The third kappa shape index (κ3) is 2.16. The Labute approximate surface area is 90.4 Å². The van der Waals surface area contributed by atoms with Gasteiger partial charge in [0.2, 0.25) is 0 Å². The molecule has 0 aliphatic heterocycles. The van der Waals surface area contributed by atoms with E-state index in [0.717, 1.165) is 25.5 Å². The van der Waals surface area contributed by atoms with E-state index in [9.17, 15) is 4.39 Å². The van der Waals surface area contributed by atoms with Gasteiger partial charge in [-0.3, -0.25) is 0 Å². The van der Waals surface area contributed by atoms with Crippen molar-refractivity contribution >= 4 is 0 Å². The number of furan rings is 1. The minimum absolute atomic E-state index is 0.197. The lowest BCUT2D eigenvalue weighted by Crippen LogP contribution is -2.21. The Morgan fingerprint density at radius 2 is 2.13 bits per heavy atom. The Bertz CT molecular complexity index is 319. The van der Waals surface area contributed by atoms with Gasteiger partial charge in [-0.15, -0.1) is 0 Å². The van der Waals surface area contributed by atoms with Crippen molar-refractivity contribution in [2.45, 2.75) is 45.4 Å². The summed E-state index contributed by atoms with van der Waals surface area (Å²) in [5.41, 5.74) is 0.381. The molecule has 0 N–H and O–H groups in total. The largest absolute Gasteiger partial charge is 0.468 e. The number of ether oxygens (including phenoxy) is 1. The molecule has 1 rings (SSSR count). The molecule has 3 heteroatoms. The van der Waals surface area contributed by atoms with Crippen molar-refractivity contribution in [1.29, 1.82) is 0 Å². The molecule has 0 bridgehead atoms. The maximum atomic E-state index is 13.6. The van der Waals surface area contributed by atoms with Gasteiger partial charge in [-0.1, -0.05) is 27.2 Å². The minimum Gasteiger partial charge on any atom is -0.468 e. The summed E-state index contributed by atoms with van der Waals surface area (Å²) in [6.45, 7) is 6.20. The van der Waals surface area contributed by atoms with Gasteiger partial charge in [-0.25, -0.2) is 4.39 Å². The maximum absolute atomic E-state index is 13.6. The van der Waals surface area contributed by atoms with Gasteiger partial charge < -0.3 is 9.15 Å². The first-order chi connectivity index (χ1) is 7.09. The van der Waals surface area contributed by atoms with Gasteiger partial charge in [0.1, 0.15) is 6.26 Å². The summed E-state index contributed by atoms with van der Waals surface area (Å²) in [4.78, 5) is 0. The molecule has 0 spiro atoms. The molecule has 0 radical (unpaired) electrons. The molecule has 1 aromatic heterocycles. The highest BCUT2D eigenvalue weighted by molar-refractivity contribution is 5.33. The Morgan fingerprint density at radius 1 is 1.47 bits per heavy atom. The molecule has 0 fully saturated rings. The van der Waals surface area contributed by atoms with E-state index in [4.69, 9.17) is 9.15 Å². The summed E-state index contributed by atoms with van der Waals surface area (Å²) in [7, 11) is 1.50. The van der Waals surface area contributed by atoms with E-state index in [2.05, 4.69) is 13.8 Å². The fraction of sp³-hybridized carbons (Fsp3) is 0.667. The monoisotopic (exact) mass is 214 g/mol. The van der Waals surface area contributed by atoms with Gasteiger partial charge in [0.25, 0.3) is 5.95 Å². The molecule has 0 saturated carbocycles. The van der Waals surface area contributed by atoms with Crippen LogP contribution >= 0.6 is 0 Å². The fourth-order valence-corrected chi connectivity index (χ4v) is 2.04. The van der Waals surface area contributed by atoms with E-state index in [-0.39, 0.29) is 11.2 Å². The molecule has 1 atom stereocenters. The van der Waals surface area contributed by atoms with Gasteiger partial charge in [0, 0.05) is 5.41 Å². The van der Waals surface area contributed by atoms with Gasteiger partial charge in [0.15, 0.2) is 5.82 Å². The molecule has 0 aromatic carbocycles. The first-order valence-corrected chi connectivity index (χ1v) is 5.40. The predicted octanol–water partition coefficient (Wildman–Crippen LogP) is 3.90. The average molecular weight is 214 g/mol. The lowest BCUT2D eigenvalue weighted by Gasteiger charge is -2.27. The van der Waals surface area contributed by atoms with Crippen LogP contribution in [0, 0.1) is 5.82 Å². The van der Waals surface area contributed by atoms with Crippen LogP contribution in [0.3, 0.4) is 0 Å². The van der Waals surface area contributed by atoms with Crippen LogP contribution in [-0.4, -0.2) is 7.11 Å². The van der Waals surface area contributed by atoms with E-state index in [1.165, 1.54) is 7.11 Å². The predicted molar refractivity (Wildman–Crippen MR) is 57.8 cm³/mol. The van der Waals surface area contributed by atoms with Gasteiger partial charge >= 0.3 is 0 Å². The standard InChI is InChI=1S/C12H19FO2/c1-5-7-12(3,6-2)10-9(13)8-15-11(10)14-4/h8H,5-7H2,1-4H3. The zero-order valence-corrected chi connectivity index (χ0v) is 9.89. The molecule has 0 amide bonds. The summed E-state index contributed by atoms with van der Waals surface area (Å²) >= 11 is 0. The lowest BCUT2D eigenvalue weighted by molar-refractivity contribution is 0.285. The molecule has 1 heterocycles. The van der Waals surface area contributed by atoms with Gasteiger partial charge in [0.05, 0.1) is 12.7 Å². The van der Waals surface area contributed by atoms with Crippen LogP contribution in [0.4, 0.5) is 4.39 Å². The highest BCUT2D eigenvalue weighted by Crippen LogP contribution is 2.40. The molecule has 0 saturated heterocycles. The molecule has 0 aliphatic carbocycles. The normalized spacial score (nSPS) is 15.0. The third-order valence-electron chi connectivity index (χ3n) is 3.08. The van der Waals surface area contributed by atoms with Gasteiger partial charge in [-0.05, 0) is 12.8 Å². The van der Waals surface area contributed by atoms with Crippen molar-refractivity contribution in [2.24, 2.45) is 0 Å². The van der Waals surface area contributed by atoms with E-state index >= 15 is 0 Å². The van der Waals surface area contributed by atoms with Crippen LogP contribution in [0.1, 0.15) is 45.6 Å². The number of hydrogen-bond donors (Lipinski definition) is 0. The molecular formula is C12H19FO2. The second-order valence-electron chi connectivity index (χ2n) is 4.11. The second-order valence-corrected chi connectivity index (χ2v) is 4.11. The van der Waals surface area contributed by atoms with Crippen molar-refractivity contribution in [3.05, 3.63) is 17.6 Å². The van der Waals surface area contributed by atoms with Crippen LogP contribution in [0.5, 0.6) is 5.95 Å². The summed E-state index contributed by atoms with van der Waals surface area (Å²) in [5.74, 6) is 0.00921. The Kier molecular flexibility index (Phi) is 3.77. The van der Waals surface area contributed by atoms with E-state index in [1.54, 1.807) is 0 Å². The van der Waals surface area contributed by atoms with Crippen molar-refractivity contribution in [2.75, 3.05) is 7.11 Å². The number of rotatable bonds is 5. The molecule has 2 nitrogen and oxygen atoms in total. The topological polar surface area (TPSA) is 22.4 Å². The molecule has 15 heavy (non-hydrogen) atoms. The first kappa shape index (κ1) is 12.1. The van der Waals surface area contributed by atoms with Crippen LogP contribution in [0.25, 0.3) is 0 Å². The lowest BCUT2D eigenvalue weighted by atomic mass is 9.77. The summed E-state index contributed by atoms with van der Waals surface area (Å²) < 4.78 is 23.7. The van der Waals surface area contributed by atoms with Gasteiger partial charge in [-0.2, -0.15) is 0 Å². The fourth-order valence-electron chi connectivity index (χ4n) is 2.04. The van der Waals surface area contributed by atoms with Crippen LogP contribution in [0.15, 0.2) is 10.7 Å². The van der Waals surface area contributed by atoms with Crippen molar-refractivity contribution in [3.8, 4) is 5.95 Å². The van der Waals surface area contributed by atoms with Crippen LogP contribution < -0.4 is 4.74 Å². The Balaban J connectivity index is 3.15. The zero-order valence-electron chi connectivity index (χ0n) is 9.89. The van der Waals surface area contributed by atoms with Crippen molar-refractivity contribution < 1.29 is 13.5 Å². The average Bonchev–Trinajstić information content (AvgIpc) is 2.60. The van der Waals surface area contributed by atoms with Crippen LogP contribution in [-0.2, 0) is 5.41 Å². The Morgan fingerprint density at radius 3 is 2.60 bits per heavy atom. The summed E-state index contributed by atoms with van der Waals surface area (Å²) in [5, 5.41) is 0. The minimum atomic E-state index is -0.301. The smallest absolute Gasteiger partial charge is 0.290 e. The zero-order chi connectivity index (χ0) is 11.5. The number of hydrogen-bond acceptors (Lipinski definition) is 2. The molecule has 1 unspecified atom stereocenters. The third-order valence-corrected chi connectivity index (χ3v) is 3.08. The maximum Gasteiger partial charge on any atom is 0.290 e. The Hall–Kier alpha value is -0.990. The molecular weight excluding hydrogens is 195 g/mol. The van der Waals surface area contributed by atoms with Crippen molar-refractivity contribution in [3.63, 3.8) is 0 Å².